The number of hydrogen-bond donors (Lipinski definition) is 1. The Balaban J connectivity index is 1.82. The monoisotopic (exact) mass is 290 g/mol. The van der Waals surface area contributed by atoms with Crippen molar-refractivity contribution in [1.29, 1.82) is 0 Å². The fourth-order valence-corrected chi connectivity index (χ4v) is 2.77. The summed E-state index contributed by atoms with van der Waals surface area (Å²) in [6.07, 6.45) is 6.61. The molecule has 0 spiro atoms. The van der Waals surface area contributed by atoms with Crippen molar-refractivity contribution < 1.29 is 4.79 Å². The van der Waals surface area contributed by atoms with E-state index in [0.717, 1.165) is 25.1 Å². The third-order valence-corrected chi connectivity index (χ3v) is 4.16. The highest BCUT2D eigenvalue weighted by molar-refractivity contribution is 7.98. The van der Waals surface area contributed by atoms with Gasteiger partial charge >= 0.3 is 0 Å². The maximum atomic E-state index is 11.9. The van der Waals surface area contributed by atoms with Crippen LogP contribution < -0.4 is 0 Å². The number of carbonyl (C=O) groups is 1. The second-order valence-electron chi connectivity index (χ2n) is 5.02. The predicted octanol–water partition coefficient (Wildman–Crippen LogP) is 3.31. The summed E-state index contributed by atoms with van der Waals surface area (Å²) in [5.41, 5.74) is 2.48. The molecule has 2 aromatic rings. The fraction of sp³-hybridized carbons (Fsp3) is 0.438. The minimum Gasteiger partial charge on any atom is -0.361 e. The highest BCUT2D eigenvalue weighted by Gasteiger charge is 2.09. The number of amides is 1. The molecule has 0 aliphatic rings. The number of para-hydroxylation sites is 1. The van der Waals surface area contributed by atoms with Crippen LogP contribution in [-0.4, -0.2) is 41.4 Å². The summed E-state index contributed by atoms with van der Waals surface area (Å²) in [5.74, 6) is 1.25. The molecule has 0 aliphatic carbocycles. The van der Waals surface area contributed by atoms with Gasteiger partial charge in [0.05, 0.1) is 0 Å². The topological polar surface area (TPSA) is 36.1 Å². The number of aromatic amines is 1. The summed E-state index contributed by atoms with van der Waals surface area (Å²) in [6, 6.07) is 8.31. The van der Waals surface area contributed by atoms with Gasteiger partial charge in [0.1, 0.15) is 0 Å². The van der Waals surface area contributed by atoms with Gasteiger partial charge in [-0.15, -0.1) is 0 Å². The Labute approximate surface area is 124 Å². The predicted molar refractivity (Wildman–Crippen MR) is 87.3 cm³/mol. The molecule has 108 valence electrons. The molecule has 1 aromatic carbocycles. The van der Waals surface area contributed by atoms with Gasteiger partial charge in [-0.25, -0.2) is 0 Å². The highest BCUT2D eigenvalue weighted by Crippen LogP contribution is 2.19. The molecule has 0 aliphatic heterocycles. The van der Waals surface area contributed by atoms with E-state index in [9.17, 15) is 4.79 Å². The van der Waals surface area contributed by atoms with E-state index in [-0.39, 0.29) is 5.91 Å². The zero-order valence-corrected chi connectivity index (χ0v) is 13.0. The lowest BCUT2D eigenvalue weighted by Crippen LogP contribution is -2.28. The van der Waals surface area contributed by atoms with Crippen LogP contribution in [0.15, 0.2) is 30.5 Å². The lowest BCUT2D eigenvalue weighted by atomic mass is 10.1. The number of carbonyl (C=O) groups excluding carboxylic acids is 1. The molecule has 4 heteroatoms. The molecule has 1 aromatic heterocycles. The zero-order chi connectivity index (χ0) is 14.4. The number of benzene rings is 1. The quantitative estimate of drug-likeness (QED) is 0.849. The van der Waals surface area contributed by atoms with Gasteiger partial charge in [0.25, 0.3) is 0 Å². The minimum atomic E-state index is 0.249. The van der Waals surface area contributed by atoms with Gasteiger partial charge in [0, 0.05) is 42.9 Å². The van der Waals surface area contributed by atoms with E-state index in [1.54, 1.807) is 11.8 Å². The number of fused-ring (bicyclic) bond motifs is 1. The Bertz CT molecular complexity index is 564. The van der Waals surface area contributed by atoms with Gasteiger partial charge in [-0.05, 0) is 30.7 Å². The van der Waals surface area contributed by atoms with Crippen LogP contribution in [0.4, 0.5) is 0 Å². The van der Waals surface area contributed by atoms with Crippen LogP contribution in [0.5, 0.6) is 0 Å². The van der Waals surface area contributed by atoms with Crippen molar-refractivity contribution in [2.75, 3.05) is 25.6 Å². The van der Waals surface area contributed by atoms with Crippen molar-refractivity contribution in [3.63, 3.8) is 0 Å². The Kier molecular flexibility index (Phi) is 5.53. The summed E-state index contributed by atoms with van der Waals surface area (Å²) in [4.78, 5) is 17.1. The van der Waals surface area contributed by atoms with Gasteiger partial charge in [-0.3, -0.25) is 4.79 Å². The average Bonchev–Trinajstić information content (AvgIpc) is 2.88. The molecule has 20 heavy (non-hydrogen) atoms. The number of hydrogen-bond acceptors (Lipinski definition) is 2. The second kappa shape index (κ2) is 7.39. The number of aryl methyl sites for hydroxylation is 1. The SMILES string of the molecule is CSCCN(C)C(=O)CCCc1c[nH]c2ccccc12. The van der Waals surface area contributed by atoms with Crippen molar-refractivity contribution in [3.05, 3.63) is 36.0 Å². The molecule has 1 N–H and O–H groups in total. The van der Waals surface area contributed by atoms with Gasteiger partial charge in [-0.1, -0.05) is 18.2 Å². The van der Waals surface area contributed by atoms with Crippen LogP contribution in [0.2, 0.25) is 0 Å². The lowest BCUT2D eigenvalue weighted by Gasteiger charge is -2.16. The number of rotatable bonds is 7. The maximum absolute atomic E-state index is 11.9. The van der Waals surface area contributed by atoms with Crippen LogP contribution in [0.25, 0.3) is 10.9 Å². The van der Waals surface area contributed by atoms with Crippen LogP contribution in [0, 0.1) is 0 Å². The first-order valence-corrected chi connectivity index (χ1v) is 8.39. The number of nitrogens with zero attached hydrogens (tertiary/aromatic N) is 1. The standard InChI is InChI=1S/C16H22N2OS/c1-18(10-11-20-2)16(19)9-5-6-13-12-17-15-8-4-3-7-14(13)15/h3-4,7-8,12,17H,5-6,9-11H2,1-2H3. The second-order valence-corrected chi connectivity index (χ2v) is 6.01. The van der Waals surface area contributed by atoms with E-state index in [1.807, 2.05) is 18.0 Å². The van der Waals surface area contributed by atoms with Crippen LogP contribution in [0.3, 0.4) is 0 Å². The van der Waals surface area contributed by atoms with E-state index in [0.29, 0.717) is 6.42 Å². The Hall–Kier alpha value is -1.42. The van der Waals surface area contributed by atoms with Crippen molar-refractivity contribution in [2.24, 2.45) is 0 Å². The lowest BCUT2D eigenvalue weighted by molar-refractivity contribution is -0.129. The molecule has 0 saturated carbocycles. The molecule has 0 saturated heterocycles. The zero-order valence-electron chi connectivity index (χ0n) is 12.2. The first kappa shape index (κ1) is 15.0. The summed E-state index contributed by atoms with van der Waals surface area (Å²) >= 11 is 1.77. The highest BCUT2D eigenvalue weighted by atomic mass is 32.2. The normalized spacial score (nSPS) is 10.9. The first-order valence-electron chi connectivity index (χ1n) is 7.00. The molecule has 0 unspecified atom stereocenters. The third-order valence-electron chi connectivity index (χ3n) is 3.57. The average molecular weight is 290 g/mol. The molecule has 3 nitrogen and oxygen atoms in total. The first-order chi connectivity index (χ1) is 9.72. The van der Waals surface area contributed by atoms with Crippen molar-refractivity contribution in [2.45, 2.75) is 19.3 Å². The van der Waals surface area contributed by atoms with Crippen molar-refractivity contribution in [1.82, 2.24) is 9.88 Å². The summed E-state index contributed by atoms with van der Waals surface area (Å²) in [6.45, 7) is 0.840. The molecule has 0 radical (unpaired) electrons. The van der Waals surface area contributed by atoms with Crippen molar-refractivity contribution in [3.8, 4) is 0 Å². The van der Waals surface area contributed by atoms with E-state index < -0.39 is 0 Å². The molecule has 1 heterocycles. The van der Waals surface area contributed by atoms with Gasteiger partial charge in [-0.2, -0.15) is 11.8 Å². The van der Waals surface area contributed by atoms with Crippen LogP contribution in [0.1, 0.15) is 18.4 Å². The third kappa shape index (κ3) is 3.79. The van der Waals surface area contributed by atoms with Gasteiger partial charge < -0.3 is 9.88 Å². The van der Waals surface area contributed by atoms with Crippen LogP contribution in [-0.2, 0) is 11.2 Å². The van der Waals surface area contributed by atoms with E-state index in [4.69, 9.17) is 0 Å². The Morgan fingerprint density at radius 1 is 1.35 bits per heavy atom. The molecule has 2 rings (SSSR count). The molecule has 0 bridgehead atoms. The molecule has 0 atom stereocenters. The largest absolute Gasteiger partial charge is 0.361 e. The maximum Gasteiger partial charge on any atom is 0.222 e. The smallest absolute Gasteiger partial charge is 0.222 e. The van der Waals surface area contributed by atoms with Crippen molar-refractivity contribution >= 4 is 28.6 Å². The van der Waals surface area contributed by atoms with Crippen LogP contribution >= 0.6 is 11.8 Å². The summed E-state index contributed by atoms with van der Waals surface area (Å²) < 4.78 is 0. The molecule has 1 amide bonds. The molecular weight excluding hydrogens is 268 g/mol. The van der Waals surface area contributed by atoms with Gasteiger partial charge in [0.2, 0.25) is 5.91 Å². The Morgan fingerprint density at radius 3 is 2.95 bits per heavy atom. The summed E-state index contributed by atoms with van der Waals surface area (Å²) in [7, 11) is 1.89. The van der Waals surface area contributed by atoms with Gasteiger partial charge in [0.15, 0.2) is 0 Å². The minimum absolute atomic E-state index is 0.249. The van der Waals surface area contributed by atoms with E-state index in [2.05, 4.69) is 35.6 Å². The Morgan fingerprint density at radius 2 is 2.15 bits per heavy atom. The molecule has 0 fully saturated rings. The van der Waals surface area contributed by atoms with E-state index in [1.165, 1.54) is 16.5 Å². The van der Waals surface area contributed by atoms with E-state index >= 15 is 0 Å². The number of aromatic nitrogens is 1. The fourth-order valence-electron chi connectivity index (χ4n) is 2.31. The summed E-state index contributed by atoms with van der Waals surface area (Å²) in [5, 5.41) is 1.27. The molecular formula is C16H22N2OS. The number of thioether (sulfide) groups is 1. The number of nitrogens with one attached hydrogen (secondary N) is 1. The number of H-pyrrole nitrogens is 1.